The Labute approximate surface area is 70.8 Å². The van der Waals surface area contributed by atoms with E-state index in [0.717, 1.165) is 0 Å². The number of rotatable bonds is 4. The van der Waals surface area contributed by atoms with Gasteiger partial charge in [0.15, 0.2) is 0 Å². The Morgan fingerprint density at radius 3 is 1.78 bits per heavy atom. The van der Waals surface area contributed by atoms with E-state index in [4.69, 9.17) is 30.7 Å². The third-order valence-electron chi connectivity index (χ3n) is 0.311. The summed E-state index contributed by atoms with van der Waals surface area (Å²) in [5.74, 6) is 0. The van der Waals surface area contributed by atoms with Crippen molar-refractivity contribution < 1.29 is 7.45 Å². The Morgan fingerprint density at radius 1 is 1.00 bits per heavy atom. The first-order valence-corrected chi connectivity index (χ1v) is 4.34. The third kappa shape index (κ3) is 8.22. The molecule has 0 heterocycles. The summed E-state index contributed by atoms with van der Waals surface area (Å²) in [7, 11) is 0. The van der Waals surface area contributed by atoms with Crippen LogP contribution in [0.5, 0.6) is 0 Å². The monoisotopic (exact) mass is 229 g/mol. The summed E-state index contributed by atoms with van der Waals surface area (Å²) in [5.41, 5.74) is 2.53. The van der Waals surface area contributed by atoms with Crippen molar-refractivity contribution in [2.75, 3.05) is 0 Å². The van der Waals surface area contributed by atoms with Gasteiger partial charge in [-0.3, -0.25) is 0 Å². The molecule has 1 radical (unpaired) electrons. The molecule has 0 atom stereocenters. The number of hydrogen-bond donors (Lipinski definition) is 0. The topological polar surface area (TPSA) is 18.5 Å². The molecule has 0 rings (SSSR count). The van der Waals surface area contributed by atoms with Crippen LogP contribution in [0, 0.1) is 0 Å². The zero-order valence-corrected chi connectivity index (χ0v) is 7.72. The van der Waals surface area contributed by atoms with E-state index in [1.807, 2.05) is 0 Å². The van der Waals surface area contributed by atoms with Crippen molar-refractivity contribution in [1.29, 1.82) is 0 Å². The van der Waals surface area contributed by atoms with Crippen molar-refractivity contribution in [2.45, 2.75) is 0 Å². The van der Waals surface area contributed by atoms with Gasteiger partial charge in [0.2, 0.25) is 0 Å². The van der Waals surface area contributed by atoms with Crippen molar-refractivity contribution in [3.63, 3.8) is 0 Å². The van der Waals surface area contributed by atoms with Crippen LogP contribution in [0.3, 0.4) is 0 Å². The molecule has 0 aromatic rings. The molecule has 0 saturated heterocycles. The average molecular weight is 230 g/mol. The fraction of sp³-hybridized carbons (Fsp3) is 0. The van der Waals surface area contributed by atoms with Crippen LogP contribution in [0.2, 0.25) is 0 Å². The van der Waals surface area contributed by atoms with E-state index in [9.17, 15) is 0 Å². The molecule has 0 unspecified atom stereocenters. The van der Waals surface area contributed by atoms with Crippen molar-refractivity contribution in [1.82, 2.24) is 0 Å². The van der Waals surface area contributed by atoms with Gasteiger partial charge in [-0.05, 0) is 0 Å². The van der Waals surface area contributed by atoms with Gasteiger partial charge in [0.05, 0.1) is 0 Å². The summed E-state index contributed by atoms with van der Waals surface area (Å²) in [5, 5.41) is 0. The molecule has 0 fully saturated rings. The van der Waals surface area contributed by atoms with E-state index < -0.39 is 16.4 Å². The first kappa shape index (κ1) is 9.22. The Bertz CT molecular complexity index is 92.7. The van der Waals surface area contributed by atoms with E-state index >= 15 is 0 Å². The first-order chi connectivity index (χ1) is 4.41. The molecule has 0 saturated carbocycles. The van der Waals surface area contributed by atoms with E-state index in [1.54, 1.807) is 0 Å². The molecule has 0 aliphatic rings. The minimum atomic E-state index is -0.605. The van der Waals surface area contributed by atoms with E-state index in [2.05, 4.69) is 0 Å². The molecule has 2 nitrogen and oxygen atoms in total. The van der Waals surface area contributed by atoms with Gasteiger partial charge in [-0.2, -0.15) is 0 Å². The van der Waals surface area contributed by atoms with Crippen LogP contribution in [0.25, 0.3) is 0 Å². The summed E-state index contributed by atoms with van der Waals surface area (Å²) in [6.45, 7) is 0. The summed E-state index contributed by atoms with van der Waals surface area (Å²) >= 11 is 9.64. The minimum absolute atomic E-state index is 0.605. The average Bonchev–Trinajstić information content (AvgIpc) is 1.89. The predicted molar refractivity (Wildman–Crippen MR) is 37.9 cm³/mol. The summed E-state index contributed by atoms with van der Waals surface area (Å²) in [6.07, 6.45) is 2.70. The first-order valence-electron chi connectivity index (χ1n) is 1.94. The van der Waals surface area contributed by atoms with E-state index in [-0.39, 0.29) is 0 Å². The van der Waals surface area contributed by atoms with Crippen LogP contribution in [-0.4, -0.2) is 16.4 Å². The van der Waals surface area contributed by atoms with Gasteiger partial charge < -0.3 is 0 Å². The van der Waals surface area contributed by atoms with Gasteiger partial charge in [-0.1, -0.05) is 0 Å². The summed E-state index contributed by atoms with van der Waals surface area (Å²) < 4.78 is 9.47. The van der Waals surface area contributed by atoms with Gasteiger partial charge in [0.25, 0.3) is 0 Å². The molecule has 5 heteroatoms. The second-order valence-electron chi connectivity index (χ2n) is 0.809. The Kier molecular flexibility index (Phi) is 8.42. The molecule has 0 spiro atoms. The van der Waals surface area contributed by atoms with E-state index in [1.165, 1.54) is 23.6 Å². The zero-order chi connectivity index (χ0) is 6.95. The van der Waals surface area contributed by atoms with Gasteiger partial charge >= 0.3 is 70.7 Å². The van der Waals surface area contributed by atoms with Crippen LogP contribution in [0.4, 0.5) is 0 Å². The van der Waals surface area contributed by atoms with Gasteiger partial charge in [-0.15, -0.1) is 0 Å². The van der Waals surface area contributed by atoms with Gasteiger partial charge in [-0.25, -0.2) is 0 Å². The predicted octanol–water partition coefficient (Wildman–Crippen LogP) is 1.97. The Hall–Kier alpha value is 0.218. The molecule has 0 N–H and O–H groups in total. The number of halogens is 2. The van der Waals surface area contributed by atoms with Crippen molar-refractivity contribution >= 4 is 39.6 Å². The van der Waals surface area contributed by atoms with Crippen molar-refractivity contribution in [3.05, 3.63) is 23.6 Å². The fourth-order valence-electron chi connectivity index (χ4n) is 0.121. The van der Waals surface area contributed by atoms with Crippen molar-refractivity contribution in [2.24, 2.45) is 0 Å². The molecule has 0 aromatic heterocycles. The van der Waals surface area contributed by atoms with Crippen LogP contribution in [-0.2, 0) is 7.45 Å². The Morgan fingerprint density at radius 2 is 1.44 bits per heavy atom. The van der Waals surface area contributed by atoms with Gasteiger partial charge in [0.1, 0.15) is 0 Å². The molecule has 0 bridgehead atoms. The van der Waals surface area contributed by atoms with Crippen molar-refractivity contribution in [3.8, 4) is 0 Å². The fourth-order valence-corrected chi connectivity index (χ4v) is 1.10. The maximum atomic E-state index is 5.12. The molecule has 9 heavy (non-hydrogen) atoms. The zero-order valence-electron chi connectivity index (χ0n) is 4.33. The molecule has 0 aliphatic heterocycles. The second-order valence-corrected chi connectivity index (χ2v) is 2.51. The molecule has 0 aromatic carbocycles. The molecular weight excluding hydrogens is 226 g/mol. The van der Waals surface area contributed by atoms with Crippen LogP contribution in [0.1, 0.15) is 0 Å². The van der Waals surface area contributed by atoms with Crippen LogP contribution in [0.15, 0.2) is 23.6 Å². The SMILES string of the molecule is ClC=CO[As]OC=CCl. The van der Waals surface area contributed by atoms with Crippen LogP contribution >= 0.6 is 23.2 Å². The third-order valence-corrected chi connectivity index (χ3v) is 1.39. The Balaban J connectivity index is 2.91. The molecular formula is C4H4AsCl2O2. The van der Waals surface area contributed by atoms with Crippen LogP contribution < -0.4 is 0 Å². The summed E-state index contributed by atoms with van der Waals surface area (Å²) in [6, 6.07) is 0. The standard InChI is InChI=1S/C4H4AsCl2O2/c6-1-3-8-5-9-4-2-7/h1-4H. The molecule has 0 amide bonds. The van der Waals surface area contributed by atoms with E-state index in [0.29, 0.717) is 0 Å². The normalized spacial score (nSPS) is 12.2. The number of hydrogen-bond acceptors (Lipinski definition) is 2. The second kappa shape index (κ2) is 8.22. The summed E-state index contributed by atoms with van der Waals surface area (Å²) in [4.78, 5) is 0. The quantitative estimate of drug-likeness (QED) is 0.417. The maximum absolute atomic E-state index is 5.12. The van der Waals surface area contributed by atoms with Gasteiger partial charge in [0, 0.05) is 0 Å². The molecule has 0 aliphatic carbocycles. The molecule has 51 valence electrons.